The lowest BCUT2D eigenvalue weighted by Crippen LogP contribution is -2.44. The molecule has 0 bridgehead atoms. The molecule has 0 saturated heterocycles. The average molecular weight is 627 g/mol. The fourth-order valence-electron chi connectivity index (χ4n) is 7.38. The number of carbonyl (C=O) groups is 2. The summed E-state index contributed by atoms with van der Waals surface area (Å²) in [6, 6.07) is 15.5. The molecule has 1 N–H and O–H groups in total. The molecule has 0 spiro atoms. The van der Waals surface area contributed by atoms with Crippen LogP contribution in [0.2, 0.25) is 0 Å². The van der Waals surface area contributed by atoms with E-state index in [4.69, 9.17) is 4.74 Å². The first kappa shape index (κ1) is 33.7. The number of ether oxygens (including phenoxy) is 1. The van der Waals surface area contributed by atoms with Gasteiger partial charge in [0, 0.05) is 48.4 Å². The van der Waals surface area contributed by atoms with Gasteiger partial charge in [-0.1, -0.05) is 37.6 Å². The normalized spacial score (nSPS) is 21.6. The highest BCUT2D eigenvalue weighted by atomic mass is 16.5. The van der Waals surface area contributed by atoms with Crippen LogP contribution in [0.1, 0.15) is 114 Å². The van der Waals surface area contributed by atoms with Gasteiger partial charge in [0.15, 0.2) is 0 Å². The van der Waals surface area contributed by atoms with Crippen molar-refractivity contribution in [3.05, 3.63) is 66.0 Å². The summed E-state index contributed by atoms with van der Waals surface area (Å²) in [5.41, 5.74) is 5.71. The van der Waals surface area contributed by atoms with E-state index >= 15 is 0 Å². The van der Waals surface area contributed by atoms with Crippen LogP contribution in [-0.2, 0) is 9.59 Å². The monoisotopic (exact) mass is 626 g/mol. The second-order valence-corrected chi connectivity index (χ2v) is 14.0. The molecule has 2 amide bonds. The number of nitrogens with zero attached hydrogens (tertiary/aromatic N) is 3. The topological polar surface area (TPSA) is 76.5 Å². The molecule has 2 saturated carbocycles. The Balaban J connectivity index is 1.30. The van der Waals surface area contributed by atoms with Crippen molar-refractivity contribution < 1.29 is 14.3 Å². The molecule has 1 heterocycles. The number of rotatable bonds is 12. The van der Waals surface area contributed by atoms with Crippen molar-refractivity contribution in [2.24, 2.45) is 11.8 Å². The van der Waals surface area contributed by atoms with Gasteiger partial charge in [-0.3, -0.25) is 14.3 Å². The van der Waals surface area contributed by atoms with Crippen molar-refractivity contribution in [1.29, 1.82) is 0 Å². The van der Waals surface area contributed by atoms with Crippen LogP contribution in [0.25, 0.3) is 11.1 Å². The lowest BCUT2D eigenvalue weighted by molar-refractivity contribution is -0.124. The Morgan fingerprint density at radius 1 is 1.00 bits per heavy atom. The second kappa shape index (κ2) is 15.8. The predicted molar refractivity (Wildman–Crippen MR) is 186 cm³/mol. The van der Waals surface area contributed by atoms with Crippen LogP contribution in [0.4, 0.5) is 5.69 Å². The zero-order valence-corrected chi connectivity index (χ0v) is 28.6. The number of carbonyl (C=O) groups excluding carboxylic acids is 2. The van der Waals surface area contributed by atoms with Crippen LogP contribution in [0.3, 0.4) is 0 Å². The Hall–Kier alpha value is -3.61. The van der Waals surface area contributed by atoms with Gasteiger partial charge in [-0.25, -0.2) is 0 Å². The van der Waals surface area contributed by atoms with Crippen molar-refractivity contribution >= 4 is 17.5 Å². The van der Waals surface area contributed by atoms with Gasteiger partial charge in [0.2, 0.25) is 11.8 Å². The van der Waals surface area contributed by atoms with Gasteiger partial charge in [0.25, 0.3) is 0 Å². The number of hydrogen-bond acceptors (Lipinski definition) is 4. The molecule has 2 aliphatic carbocycles. The third-order valence-corrected chi connectivity index (χ3v) is 10.3. The number of amides is 2. The minimum absolute atomic E-state index is 0.0187. The molecular weight excluding hydrogens is 572 g/mol. The van der Waals surface area contributed by atoms with Gasteiger partial charge >= 0.3 is 0 Å². The summed E-state index contributed by atoms with van der Waals surface area (Å²) in [6.07, 6.45) is 14.4. The smallest absolute Gasteiger partial charge is 0.230 e. The molecule has 2 aromatic carbocycles. The summed E-state index contributed by atoms with van der Waals surface area (Å²) in [5.74, 6) is 2.32. The van der Waals surface area contributed by atoms with Gasteiger partial charge < -0.3 is 15.0 Å². The number of unbranched alkanes of at least 4 members (excludes halogenated alkanes) is 1. The van der Waals surface area contributed by atoms with Gasteiger partial charge in [-0.15, -0.1) is 0 Å². The standard InChI is InChI=1S/C39H54N4O3/c1-6-7-11-38(44)41-35-19-16-31(17-20-35)39(45)42(36-10-8-9-32(23-36)34-24-40-43(26-34)27(2)3)25-29-12-14-30(15-13-29)33-18-21-37(46-5)28(4)22-33/h8-10,18,21-24,26-27,29-31,35H,6-7,11-17,19-20,25H2,1-5H3,(H,41,44). The summed E-state index contributed by atoms with van der Waals surface area (Å²) in [4.78, 5) is 28.8. The van der Waals surface area contributed by atoms with Gasteiger partial charge in [-0.2, -0.15) is 5.10 Å². The highest BCUT2D eigenvalue weighted by molar-refractivity contribution is 5.95. The highest BCUT2D eigenvalue weighted by Crippen LogP contribution is 2.39. The SMILES string of the molecule is CCCCC(=O)NC1CCC(C(=O)N(CC2CCC(c3ccc(OC)c(C)c3)CC2)c2cccc(-c3cnn(C(C)C)c3)c2)CC1. The number of benzene rings is 2. The molecule has 7 heteroatoms. The quantitative estimate of drug-likeness (QED) is 0.218. The fraction of sp³-hybridized carbons (Fsp3) is 0.564. The Labute approximate surface area is 276 Å². The molecule has 0 radical (unpaired) electrons. The first-order chi connectivity index (χ1) is 22.2. The van der Waals surface area contributed by atoms with Crippen LogP contribution >= 0.6 is 0 Å². The lowest BCUT2D eigenvalue weighted by Gasteiger charge is -2.36. The lowest BCUT2D eigenvalue weighted by atomic mass is 9.78. The molecule has 5 rings (SSSR count). The van der Waals surface area contributed by atoms with Crippen LogP contribution in [-0.4, -0.2) is 41.3 Å². The third-order valence-electron chi connectivity index (χ3n) is 10.3. The van der Waals surface area contributed by atoms with E-state index in [-0.39, 0.29) is 23.8 Å². The Kier molecular flexibility index (Phi) is 11.6. The summed E-state index contributed by atoms with van der Waals surface area (Å²) in [5, 5.41) is 7.78. The first-order valence-electron chi connectivity index (χ1n) is 17.7. The van der Waals surface area contributed by atoms with Crippen molar-refractivity contribution in [1.82, 2.24) is 15.1 Å². The van der Waals surface area contributed by atoms with E-state index in [1.54, 1.807) is 7.11 Å². The van der Waals surface area contributed by atoms with E-state index in [2.05, 4.69) is 91.7 Å². The highest BCUT2D eigenvalue weighted by Gasteiger charge is 2.33. The number of nitrogens with one attached hydrogen (secondary N) is 1. The van der Waals surface area contributed by atoms with Gasteiger partial charge in [-0.05, 0) is 125 Å². The van der Waals surface area contributed by atoms with Crippen molar-refractivity contribution in [3.8, 4) is 16.9 Å². The number of methoxy groups -OCH3 is 1. The molecule has 2 fully saturated rings. The van der Waals surface area contributed by atoms with E-state index < -0.39 is 0 Å². The summed E-state index contributed by atoms with van der Waals surface area (Å²) >= 11 is 0. The van der Waals surface area contributed by atoms with Crippen LogP contribution < -0.4 is 15.0 Å². The Morgan fingerprint density at radius 2 is 1.76 bits per heavy atom. The molecule has 46 heavy (non-hydrogen) atoms. The molecule has 0 unspecified atom stereocenters. The minimum Gasteiger partial charge on any atom is -0.496 e. The average Bonchev–Trinajstić information content (AvgIpc) is 3.58. The first-order valence-corrected chi connectivity index (χ1v) is 17.7. The molecule has 1 aromatic heterocycles. The van der Waals surface area contributed by atoms with E-state index in [0.29, 0.717) is 24.3 Å². The van der Waals surface area contributed by atoms with E-state index in [9.17, 15) is 9.59 Å². The second-order valence-electron chi connectivity index (χ2n) is 14.0. The number of anilines is 1. The van der Waals surface area contributed by atoms with Crippen molar-refractivity contribution in [2.75, 3.05) is 18.6 Å². The summed E-state index contributed by atoms with van der Waals surface area (Å²) < 4.78 is 7.47. The predicted octanol–water partition coefficient (Wildman–Crippen LogP) is 8.62. The molecule has 2 aliphatic rings. The van der Waals surface area contributed by atoms with Crippen LogP contribution in [0.15, 0.2) is 54.9 Å². The third kappa shape index (κ3) is 8.40. The minimum atomic E-state index is -0.0187. The summed E-state index contributed by atoms with van der Waals surface area (Å²) in [6.45, 7) is 9.23. The maximum atomic E-state index is 14.4. The van der Waals surface area contributed by atoms with Crippen LogP contribution in [0.5, 0.6) is 5.75 Å². The van der Waals surface area contributed by atoms with E-state index in [1.807, 2.05) is 10.9 Å². The maximum absolute atomic E-state index is 14.4. The molecule has 0 aliphatic heterocycles. The van der Waals surface area contributed by atoms with Crippen LogP contribution in [0, 0.1) is 18.8 Å². The van der Waals surface area contributed by atoms with Gasteiger partial charge in [0.05, 0.1) is 13.3 Å². The fourth-order valence-corrected chi connectivity index (χ4v) is 7.38. The van der Waals surface area contributed by atoms with Crippen molar-refractivity contribution in [3.63, 3.8) is 0 Å². The molecule has 3 aromatic rings. The Morgan fingerprint density at radius 3 is 2.41 bits per heavy atom. The number of aromatic nitrogens is 2. The number of aryl methyl sites for hydroxylation is 1. The Bertz CT molecular complexity index is 1450. The van der Waals surface area contributed by atoms with Crippen molar-refractivity contribution in [2.45, 2.75) is 116 Å². The zero-order valence-electron chi connectivity index (χ0n) is 28.6. The number of hydrogen-bond donors (Lipinski definition) is 1. The maximum Gasteiger partial charge on any atom is 0.230 e. The molecular formula is C39H54N4O3. The zero-order chi connectivity index (χ0) is 32.6. The molecule has 0 atom stereocenters. The molecule has 7 nitrogen and oxygen atoms in total. The largest absolute Gasteiger partial charge is 0.496 e. The molecule has 248 valence electrons. The summed E-state index contributed by atoms with van der Waals surface area (Å²) in [7, 11) is 1.73. The van der Waals surface area contributed by atoms with E-state index in [0.717, 1.165) is 93.3 Å². The van der Waals surface area contributed by atoms with E-state index in [1.165, 1.54) is 11.1 Å². The van der Waals surface area contributed by atoms with Gasteiger partial charge in [0.1, 0.15) is 5.75 Å².